The molecule has 0 aliphatic heterocycles. The molecule has 0 heterocycles. The highest BCUT2D eigenvalue weighted by Crippen LogP contribution is 2.30. The minimum atomic E-state index is -2.70. The third kappa shape index (κ3) is 2.02. The smallest absolute Gasteiger partial charge is 0.268 e. The van der Waals surface area contributed by atoms with E-state index in [4.69, 9.17) is 0 Å². The molecule has 1 nitrogen and oxygen atoms in total. The number of rotatable bonds is 2. The number of alkyl halides is 2. The normalized spacial score (nSPS) is 17.6. The average Bonchev–Trinajstić information content (AvgIpc) is 2.27. The molecular formula is C12H14F2O. The Kier molecular flexibility index (Phi) is 3.00. The van der Waals surface area contributed by atoms with Crippen LogP contribution in [0.2, 0.25) is 0 Å². The van der Waals surface area contributed by atoms with Crippen molar-refractivity contribution in [2.75, 3.05) is 0 Å². The third-order valence-electron chi connectivity index (χ3n) is 2.99. The van der Waals surface area contributed by atoms with Gasteiger partial charge in [0, 0.05) is 0 Å². The SMILES string of the molecule is OC(c1cccc2c1CCCC2)C(F)F. The highest BCUT2D eigenvalue weighted by atomic mass is 19.3. The van der Waals surface area contributed by atoms with Crippen LogP contribution in [0.15, 0.2) is 18.2 Å². The van der Waals surface area contributed by atoms with Gasteiger partial charge in [0.15, 0.2) is 0 Å². The minimum Gasteiger partial charge on any atom is -0.382 e. The Morgan fingerprint density at radius 1 is 1.13 bits per heavy atom. The number of aryl methyl sites for hydroxylation is 1. The summed E-state index contributed by atoms with van der Waals surface area (Å²) in [6, 6.07) is 5.34. The zero-order chi connectivity index (χ0) is 10.8. The summed E-state index contributed by atoms with van der Waals surface area (Å²) in [7, 11) is 0. The van der Waals surface area contributed by atoms with Gasteiger partial charge in [0.25, 0.3) is 6.43 Å². The van der Waals surface area contributed by atoms with Gasteiger partial charge in [0.1, 0.15) is 6.10 Å². The van der Waals surface area contributed by atoms with Gasteiger partial charge >= 0.3 is 0 Å². The lowest BCUT2D eigenvalue weighted by atomic mass is 9.86. The largest absolute Gasteiger partial charge is 0.382 e. The van der Waals surface area contributed by atoms with E-state index in [1.54, 1.807) is 12.1 Å². The molecule has 0 bridgehead atoms. The van der Waals surface area contributed by atoms with Crippen molar-refractivity contribution in [3.8, 4) is 0 Å². The first-order valence-corrected chi connectivity index (χ1v) is 5.27. The van der Waals surface area contributed by atoms with Crippen LogP contribution in [0, 0.1) is 0 Å². The molecule has 0 fully saturated rings. The summed E-state index contributed by atoms with van der Waals surface area (Å²) in [6.07, 6.45) is -0.424. The van der Waals surface area contributed by atoms with Gasteiger partial charge in [-0.3, -0.25) is 0 Å². The molecule has 1 N–H and O–H groups in total. The molecule has 15 heavy (non-hydrogen) atoms. The number of hydrogen-bond acceptors (Lipinski definition) is 1. The van der Waals surface area contributed by atoms with E-state index in [9.17, 15) is 13.9 Å². The van der Waals surface area contributed by atoms with Crippen LogP contribution in [0.1, 0.15) is 35.6 Å². The number of aliphatic hydroxyl groups is 1. The second kappa shape index (κ2) is 4.27. The van der Waals surface area contributed by atoms with E-state index in [-0.39, 0.29) is 0 Å². The zero-order valence-corrected chi connectivity index (χ0v) is 8.42. The van der Waals surface area contributed by atoms with E-state index in [1.165, 1.54) is 0 Å². The Labute approximate surface area is 87.7 Å². The zero-order valence-electron chi connectivity index (χ0n) is 8.42. The fraction of sp³-hybridized carbons (Fsp3) is 0.500. The molecule has 2 rings (SSSR count). The first-order chi connectivity index (χ1) is 7.20. The Morgan fingerprint density at radius 3 is 2.60 bits per heavy atom. The topological polar surface area (TPSA) is 20.2 Å². The lowest BCUT2D eigenvalue weighted by Crippen LogP contribution is -2.14. The quantitative estimate of drug-likeness (QED) is 0.799. The number of aliphatic hydroxyl groups excluding tert-OH is 1. The van der Waals surface area contributed by atoms with Gasteiger partial charge in [0.05, 0.1) is 0 Å². The molecule has 1 atom stereocenters. The predicted octanol–water partition coefficient (Wildman–Crippen LogP) is 2.86. The van der Waals surface area contributed by atoms with Crippen molar-refractivity contribution in [3.63, 3.8) is 0 Å². The van der Waals surface area contributed by atoms with Crippen molar-refractivity contribution >= 4 is 0 Å². The van der Waals surface area contributed by atoms with Gasteiger partial charge in [-0.05, 0) is 42.4 Å². The van der Waals surface area contributed by atoms with Crippen molar-refractivity contribution < 1.29 is 13.9 Å². The van der Waals surface area contributed by atoms with Gasteiger partial charge in [-0.15, -0.1) is 0 Å². The second-order valence-corrected chi connectivity index (χ2v) is 3.97. The van der Waals surface area contributed by atoms with E-state index in [0.29, 0.717) is 5.56 Å². The number of fused-ring (bicyclic) bond motifs is 1. The summed E-state index contributed by atoms with van der Waals surface area (Å²) in [6.45, 7) is 0. The maximum absolute atomic E-state index is 12.4. The van der Waals surface area contributed by atoms with Gasteiger partial charge in [-0.1, -0.05) is 18.2 Å². The van der Waals surface area contributed by atoms with Crippen molar-refractivity contribution in [1.29, 1.82) is 0 Å². The molecule has 0 saturated heterocycles. The van der Waals surface area contributed by atoms with Gasteiger partial charge in [-0.25, -0.2) is 8.78 Å². The van der Waals surface area contributed by atoms with Crippen LogP contribution in [-0.2, 0) is 12.8 Å². The van der Waals surface area contributed by atoms with Gasteiger partial charge in [-0.2, -0.15) is 0 Å². The number of hydrogen-bond donors (Lipinski definition) is 1. The predicted molar refractivity (Wildman–Crippen MR) is 54.0 cm³/mol. The van der Waals surface area contributed by atoms with Crippen LogP contribution in [0.25, 0.3) is 0 Å². The van der Waals surface area contributed by atoms with E-state index < -0.39 is 12.5 Å². The molecular weight excluding hydrogens is 198 g/mol. The maximum Gasteiger partial charge on any atom is 0.268 e. The lowest BCUT2D eigenvalue weighted by Gasteiger charge is -2.21. The number of benzene rings is 1. The van der Waals surface area contributed by atoms with E-state index in [2.05, 4.69) is 0 Å². The minimum absolute atomic E-state index is 0.419. The monoisotopic (exact) mass is 212 g/mol. The Hall–Kier alpha value is -0.960. The molecule has 0 spiro atoms. The average molecular weight is 212 g/mol. The summed E-state index contributed by atoms with van der Waals surface area (Å²) in [4.78, 5) is 0. The van der Waals surface area contributed by atoms with Crippen molar-refractivity contribution in [3.05, 3.63) is 34.9 Å². The molecule has 0 radical (unpaired) electrons. The summed E-state index contributed by atoms with van der Waals surface area (Å²) in [5.41, 5.74) is 2.48. The summed E-state index contributed by atoms with van der Waals surface area (Å²) in [5, 5.41) is 9.40. The van der Waals surface area contributed by atoms with Crippen molar-refractivity contribution in [1.82, 2.24) is 0 Å². The molecule has 1 aromatic carbocycles. The lowest BCUT2D eigenvalue weighted by molar-refractivity contribution is -0.00637. The number of halogens is 2. The Bertz CT molecular complexity index is 349. The molecule has 1 aliphatic rings. The van der Waals surface area contributed by atoms with Crippen molar-refractivity contribution in [2.45, 2.75) is 38.2 Å². The fourth-order valence-corrected chi connectivity index (χ4v) is 2.22. The highest BCUT2D eigenvalue weighted by Gasteiger charge is 2.24. The Balaban J connectivity index is 2.39. The second-order valence-electron chi connectivity index (χ2n) is 3.97. The van der Waals surface area contributed by atoms with E-state index in [0.717, 1.165) is 36.8 Å². The summed E-state index contributed by atoms with van der Waals surface area (Å²) < 4.78 is 24.9. The Morgan fingerprint density at radius 2 is 1.87 bits per heavy atom. The molecule has 0 aromatic heterocycles. The van der Waals surface area contributed by atoms with Crippen LogP contribution in [0.4, 0.5) is 8.78 Å². The van der Waals surface area contributed by atoms with Crippen LogP contribution in [0.3, 0.4) is 0 Å². The summed E-state index contributed by atoms with van der Waals surface area (Å²) in [5.74, 6) is 0. The van der Waals surface area contributed by atoms with Crippen LogP contribution >= 0.6 is 0 Å². The molecule has 3 heteroatoms. The fourth-order valence-electron chi connectivity index (χ4n) is 2.22. The van der Waals surface area contributed by atoms with Crippen molar-refractivity contribution in [2.24, 2.45) is 0 Å². The van der Waals surface area contributed by atoms with Gasteiger partial charge in [0.2, 0.25) is 0 Å². The standard InChI is InChI=1S/C12H14F2O/c13-12(14)11(15)10-7-3-5-8-4-1-2-6-9(8)10/h3,5,7,11-12,15H,1-2,4,6H2. The van der Waals surface area contributed by atoms with E-state index >= 15 is 0 Å². The van der Waals surface area contributed by atoms with Crippen LogP contribution in [-0.4, -0.2) is 11.5 Å². The molecule has 1 aromatic rings. The highest BCUT2D eigenvalue weighted by molar-refractivity contribution is 5.38. The third-order valence-corrected chi connectivity index (χ3v) is 2.99. The molecule has 82 valence electrons. The first kappa shape index (κ1) is 10.6. The van der Waals surface area contributed by atoms with Crippen LogP contribution in [0.5, 0.6) is 0 Å². The first-order valence-electron chi connectivity index (χ1n) is 5.27. The van der Waals surface area contributed by atoms with E-state index in [1.807, 2.05) is 6.07 Å². The molecule has 0 saturated carbocycles. The summed E-state index contributed by atoms with van der Waals surface area (Å²) >= 11 is 0. The molecule has 1 aliphatic carbocycles. The maximum atomic E-state index is 12.4. The molecule has 1 unspecified atom stereocenters. The van der Waals surface area contributed by atoms with Crippen LogP contribution < -0.4 is 0 Å². The molecule has 0 amide bonds. The van der Waals surface area contributed by atoms with Gasteiger partial charge < -0.3 is 5.11 Å².